The fourth-order valence-electron chi connectivity index (χ4n) is 3.71. The molecule has 152 valence electrons. The van der Waals surface area contributed by atoms with E-state index in [2.05, 4.69) is 22.1 Å². The minimum atomic E-state index is 0.656. The molecule has 0 spiro atoms. The number of ether oxygens (including phenoxy) is 1. The number of pyridine rings is 1. The maximum absolute atomic E-state index is 5.53. The Kier molecular flexibility index (Phi) is 4.88. The van der Waals surface area contributed by atoms with E-state index < -0.39 is 0 Å². The molecule has 0 radical (unpaired) electrons. The Bertz CT molecular complexity index is 1380. The lowest BCUT2D eigenvalue weighted by molar-refractivity contribution is 0.410. The molecule has 31 heavy (non-hydrogen) atoms. The average Bonchev–Trinajstić information content (AvgIpc) is 3.23. The number of hydrogen-bond acceptors (Lipinski definition) is 5. The van der Waals surface area contributed by atoms with Crippen molar-refractivity contribution >= 4 is 11.0 Å². The van der Waals surface area contributed by atoms with Crippen LogP contribution >= 0.6 is 0 Å². The van der Waals surface area contributed by atoms with Gasteiger partial charge in [-0.3, -0.25) is 9.97 Å². The first-order valence-corrected chi connectivity index (χ1v) is 10.1. The molecule has 0 unspecified atom stereocenters. The normalized spacial score (nSPS) is 11.0. The van der Waals surface area contributed by atoms with Crippen LogP contribution in [0.3, 0.4) is 0 Å². The lowest BCUT2D eigenvalue weighted by atomic mass is 10.1. The molecular formula is C25H21N5O. The highest BCUT2D eigenvalue weighted by Crippen LogP contribution is 2.28. The van der Waals surface area contributed by atoms with Crippen molar-refractivity contribution < 1.29 is 4.74 Å². The van der Waals surface area contributed by atoms with Gasteiger partial charge >= 0.3 is 0 Å². The second-order valence-electron chi connectivity index (χ2n) is 7.32. The topological polar surface area (TPSA) is 65.7 Å². The molecule has 0 saturated carbocycles. The summed E-state index contributed by atoms with van der Waals surface area (Å²) in [4.78, 5) is 13.5. The zero-order chi connectivity index (χ0) is 21.2. The fourth-order valence-corrected chi connectivity index (χ4v) is 3.71. The third-order valence-corrected chi connectivity index (χ3v) is 5.18. The van der Waals surface area contributed by atoms with Crippen molar-refractivity contribution in [1.29, 1.82) is 0 Å². The van der Waals surface area contributed by atoms with Gasteiger partial charge in [-0.2, -0.15) is 5.10 Å². The Hall–Kier alpha value is -4.06. The summed E-state index contributed by atoms with van der Waals surface area (Å²) in [5, 5.41) is 4.91. The lowest BCUT2D eigenvalue weighted by Gasteiger charge is -2.08. The molecule has 0 bridgehead atoms. The van der Waals surface area contributed by atoms with Gasteiger partial charge < -0.3 is 4.74 Å². The zero-order valence-electron chi connectivity index (χ0n) is 17.4. The highest BCUT2D eigenvalue weighted by molar-refractivity contribution is 5.80. The molecule has 2 aromatic carbocycles. The largest absolute Gasteiger partial charge is 0.496 e. The molecule has 5 aromatic rings. The Morgan fingerprint density at radius 3 is 2.55 bits per heavy atom. The first-order chi connectivity index (χ1) is 15.2. The van der Waals surface area contributed by atoms with Crippen LogP contribution in [0.15, 0.2) is 79.1 Å². The van der Waals surface area contributed by atoms with E-state index in [1.54, 1.807) is 19.5 Å². The Labute approximate surface area is 180 Å². The van der Waals surface area contributed by atoms with Gasteiger partial charge in [-0.15, -0.1) is 0 Å². The van der Waals surface area contributed by atoms with Crippen LogP contribution in [0.1, 0.15) is 17.0 Å². The number of para-hydroxylation sites is 1. The molecule has 3 aromatic heterocycles. The third kappa shape index (κ3) is 3.75. The minimum absolute atomic E-state index is 0.656. The number of rotatable bonds is 5. The molecule has 5 rings (SSSR count). The standard InChI is InChI=1S/C25H21N5O/c1-17-6-5-9-25(28-17)30-23(18-10-11-21-22(15-18)27-13-12-26-21)16-20(29-30)14-19-7-3-4-8-24(19)31-2/h3-13,15-16H,14H2,1-2H3. The van der Waals surface area contributed by atoms with Crippen LogP contribution in [0.4, 0.5) is 0 Å². The zero-order valence-corrected chi connectivity index (χ0v) is 17.4. The van der Waals surface area contributed by atoms with Crippen molar-refractivity contribution in [3.8, 4) is 22.8 Å². The quantitative estimate of drug-likeness (QED) is 0.419. The van der Waals surface area contributed by atoms with Gasteiger partial charge in [-0.25, -0.2) is 9.67 Å². The number of hydrogen-bond donors (Lipinski definition) is 0. The number of aromatic nitrogens is 5. The highest BCUT2D eigenvalue weighted by Gasteiger charge is 2.15. The van der Waals surface area contributed by atoms with Gasteiger partial charge in [0.2, 0.25) is 0 Å². The summed E-state index contributed by atoms with van der Waals surface area (Å²) < 4.78 is 7.42. The smallest absolute Gasteiger partial charge is 0.154 e. The van der Waals surface area contributed by atoms with E-state index in [4.69, 9.17) is 14.8 Å². The van der Waals surface area contributed by atoms with Crippen LogP contribution in [0.25, 0.3) is 28.1 Å². The van der Waals surface area contributed by atoms with Gasteiger partial charge in [0, 0.05) is 35.6 Å². The van der Waals surface area contributed by atoms with Crippen molar-refractivity contribution in [2.45, 2.75) is 13.3 Å². The fraction of sp³-hybridized carbons (Fsp3) is 0.120. The Morgan fingerprint density at radius 2 is 1.71 bits per heavy atom. The average molecular weight is 407 g/mol. The molecule has 0 aliphatic rings. The van der Waals surface area contributed by atoms with Crippen molar-refractivity contribution in [3.05, 3.63) is 96.1 Å². The van der Waals surface area contributed by atoms with E-state index in [9.17, 15) is 0 Å². The molecule has 0 aliphatic carbocycles. The number of aryl methyl sites for hydroxylation is 1. The minimum Gasteiger partial charge on any atom is -0.496 e. The Balaban J connectivity index is 1.64. The van der Waals surface area contributed by atoms with Crippen LogP contribution in [0.2, 0.25) is 0 Å². The molecule has 6 heteroatoms. The van der Waals surface area contributed by atoms with E-state index in [0.717, 1.165) is 50.8 Å². The molecule has 0 atom stereocenters. The number of nitrogens with zero attached hydrogens (tertiary/aromatic N) is 5. The van der Waals surface area contributed by atoms with Gasteiger partial charge in [-0.1, -0.05) is 30.3 Å². The molecular weight excluding hydrogens is 386 g/mol. The second kappa shape index (κ2) is 7.99. The first-order valence-electron chi connectivity index (χ1n) is 10.1. The van der Waals surface area contributed by atoms with E-state index >= 15 is 0 Å². The van der Waals surface area contributed by atoms with Crippen molar-refractivity contribution in [1.82, 2.24) is 24.7 Å². The lowest BCUT2D eigenvalue weighted by Crippen LogP contribution is -2.03. The van der Waals surface area contributed by atoms with E-state index in [1.165, 1.54) is 0 Å². The summed E-state index contributed by atoms with van der Waals surface area (Å²) in [7, 11) is 1.69. The third-order valence-electron chi connectivity index (χ3n) is 5.18. The predicted octanol–water partition coefficient (Wildman–Crippen LogP) is 4.79. The molecule has 0 amide bonds. The van der Waals surface area contributed by atoms with Gasteiger partial charge in [-0.05, 0) is 43.3 Å². The summed E-state index contributed by atoms with van der Waals surface area (Å²) in [6, 6.07) is 22.1. The van der Waals surface area contributed by atoms with E-state index in [-0.39, 0.29) is 0 Å². The maximum atomic E-state index is 5.53. The van der Waals surface area contributed by atoms with Crippen molar-refractivity contribution in [2.75, 3.05) is 7.11 Å². The summed E-state index contributed by atoms with van der Waals surface area (Å²) in [5.41, 5.74) is 6.63. The van der Waals surface area contributed by atoms with Gasteiger partial charge in [0.25, 0.3) is 0 Å². The molecule has 6 nitrogen and oxygen atoms in total. The predicted molar refractivity (Wildman–Crippen MR) is 120 cm³/mol. The Morgan fingerprint density at radius 1 is 0.871 bits per heavy atom. The van der Waals surface area contributed by atoms with Crippen molar-refractivity contribution in [3.63, 3.8) is 0 Å². The van der Waals surface area contributed by atoms with Crippen LogP contribution in [-0.2, 0) is 6.42 Å². The van der Waals surface area contributed by atoms with Gasteiger partial charge in [0.05, 0.1) is 29.5 Å². The van der Waals surface area contributed by atoms with E-state index in [0.29, 0.717) is 6.42 Å². The van der Waals surface area contributed by atoms with Gasteiger partial charge in [0.1, 0.15) is 5.75 Å². The number of methoxy groups -OCH3 is 1. The molecule has 0 N–H and O–H groups in total. The van der Waals surface area contributed by atoms with Crippen LogP contribution in [-0.4, -0.2) is 31.8 Å². The highest BCUT2D eigenvalue weighted by atomic mass is 16.5. The summed E-state index contributed by atoms with van der Waals surface area (Å²) in [6.45, 7) is 1.98. The van der Waals surface area contributed by atoms with Gasteiger partial charge in [0.15, 0.2) is 5.82 Å². The number of benzene rings is 2. The molecule has 3 heterocycles. The molecule has 0 fully saturated rings. The molecule has 0 saturated heterocycles. The van der Waals surface area contributed by atoms with E-state index in [1.807, 2.05) is 66.2 Å². The maximum Gasteiger partial charge on any atom is 0.154 e. The molecule has 0 aliphatic heterocycles. The summed E-state index contributed by atoms with van der Waals surface area (Å²) >= 11 is 0. The summed E-state index contributed by atoms with van der Waals surface area (Å²) in [5.74, 6) is 1.63. The first kappa shape index (κ1) is 18.9. The van der Waals surface area contributed by atoms with Crippen LogP contribution in [0.5, 0.6) is 5.75 Å². The van der Waals surface area contributed by atoms with Crippen LogP contribution in [0, 0.1) is 6.92 Å². The van der Waals surface area contributed by atoms with Crippen molar-refractivity contribution in [2.24, 2.45) is 0 Å². The monoisotopic (exact) mass is 407 g/mol. The van der Waals surface area contributed by atoms with Crippen LogP contribution < -0.4 is 4.74 Å². The summed E-state index contributed by atoms with van der Waals surface area (Å²) in [6.07, 6.45) is 4.07. The second-order valence-corrected chi connectivity index (χ2v) is 7.32. The SMILES string of the molecule is COc1ccccc1Cc1cc(-c2ccc3nccnc3c2)n(-c2cccc(C)n2)n1. The number of fused-ring (bicyclic) bond motifs is 1.